The Bertz CT molecular complexity index is 1050. The van der Waals surface area contributed by atoms with E-state index in [9.17, 15) is 4.79 Å². The van der Waals surface area contributed by atoms with Crippen LogP contribution >= 0.6 is 0 Å². The van der Waals surface area contributed by atoms with Gasteiger partial charge in [0.15, 0.2) is 0 Å². The van der Waals surface area contributed by atoms with E-state index in [0.29, 0.717) is 17.6 Å². The first kappa shape index (κ1) is 21.8. The van der Waals surface area contributed by atoms with Gasteiger partial charge in [0.1, 0.15) is 5.75 Å². The zero-order valence-electron chi connectivity index (χ0n) is 18.7. The first-order chi connectivity index (χ1) is 15.6. The zero-order valence-corrected chi connectivity index (χ0v) is 18.7. The summed E-state index contributed by atoms with van der Waals surface area (Å²) < 4.78 is 5.28. The van der Waals surface area contributed by atoms with Crippen molar-refractivity contribution in [2.24, 2.45) is 0 Å². The fourth-order valence-corrected chi connectivity index (χ4v) is 4.10. The van der Waals surface area contributed by atoms with Crippen LogP contribution in [0.25, 0.3) is 11.1 Å². The molecule has 3 aromatic rings. The number of nitrogens with one attached hydrogen (secondary N) is 2. The fraction of sp³-hybridized carbons (Fsp3) is 0.346. The highest BCUT2D eigenvalue weighted by molar-refractivity contribution is 5.95. The largest absolute Gasteiger partial charge is 0.497 e. The summed E-state index contributed by atoms with van der Waals surface area (Å²) in [5.74, 6) is 1.31. The van der Waals surface area contributed by atoms with Crippen molar-refractivity contribution in [2.45, 2.75) is 51.1 Å². The average Bonchev–Trinajstić information content (AvgIpc) is 2.85. The van der Waals surface area contributed by atoms with Gasteiger partial charge in [0, 0.05) is 29.6 Å². The van der Waals surface area contributed by atoms with Gasteiger partial charge in [-0.3, -0.25) is 4.79 Å². The Morgan fingerprint density at radius 3 is 2.50 bits per heavy atom. The lowest BCUT2D eigenvalue weighted by Gasteiger charge is -2.22. The maximum absolute atomic E-state index is 12.9. The summed E-state index contributed by atoms with van der Waals surface area (Å²) in [6.45, 7) is 1.96. The molecule has 2 aromatic carbocycles. The number of nitrogens with zero attached hydrogens (tertiary/aromatic N) is 2. The van der Waals surface area contributed by atoms with E-state index in [1.165, 1.54) is 32.1 Å². The molecule has 0 radical (unpaired) electrons. The number of ether oxygens (including phenoxy) is 1. The van der Waals surface area contributed by atoms with Gasteiger partial charge in [-0.25, -0.2) is 9.97 Å². The van der Waals surface area contributed by atoms with Gasteiger partial charge in [0.2, 0.25) is 5.95 Å². The van der Waals surface area contributed by atoms with E-state index in [1.807, 2.05) is 67.8 Å². The number of benzene rings is 2. The Kier molecular flexibility index (Phi) is 7.00. The van der Waals surface area contributed by atoms with Crippen molar-refractivity contribution in [1.82, 2.24) is 15.3 Å². The predicted molar refractivity (Wildman–Crippen MR) is 127 cm³/mol. The summed E-state index contributed by atoms with van der Waals surface area (Å²) in [6.07, 6.45) is 9.83. The first-order valence-corrected chi connectivity index (χ1v) is 11.3. The van der Waals surface area contributed by atoms with Crippen LogP contribution in [-0.4, -0.2) is 29.0 Å². The van der Waals surface area contributed by atoms with E-state index >= 15 is 0 Å². The standard InChI is InChI=1S/C26H30N4O2/c1-18(19-8-7-13-24(15-19)32-2)29-25(31)21-10-6-9-20(14-21)22-16-27-26(28-17-22)30-23-11-4-3-5-12-23/h6-10,13-18,23H,3-5,11-12H2,1-2H3,(H,29,31)(H,27,28,30). The second-order valence-electron chi connectivity index (χ2n) is 8.33. The molecule has 1 atom stereocenters. The topological polar surface area (TPSA) is 76.1 Å². The molecule has 6 heteroatoms. The third-order valence-corrected chi connectivity index (χ3v) is 5.99. The van der Waals surface area contributed by atoms with Crippen LogP contribution < -0.4 is 15.4 Å². The normalized spacial score (nSPS) is 15.1. The van der Waals surface area contributed by atoms with Crippen LogP contribution in [0.4, 0.5) is 5.95 Å². The number of hydrogen-bond donors (Lipinski definition) is 2. The molecule has 6 nitrogen and oxygen atoms in total. The SMILES string of the molecule is COc1cccc(C(C)NC(=O)c2cccc(-c3cnc(NC4CCCCC4)nc3)c2)c1. The van der Waals surface area contributed by atoms with E-state index in [-0.39, 0.29) is 11.9 Å². The minimum Gasteiger partial charge on any atom is -0.497 e. The van der Waals surface area contributed by atoms with Gasteiger partial charge in [-0.05, 0) is 55.2 Å². The van der Waals surface area contributed by atoms with Crippen LogP contribution in [0.3, 0.4) is 0 Å². The van der Waals surface area contributed by atoms with Crippen molar-refractivity contribution in [1.29, 1.82) is 0 Å². The van der Waals surface area contributed by atoms with Gasteiger partial charge in [-0.1, -0.05) is 43.5 Å². The Hall–Kier alpha value is -3.41. The molecule has 0 aliphatic heterocycles. The smallest absolute Gasteiger partial charge is 0.251 e. The maximum Gasteiger partial charge on any atom is 0.251 e. The number of rotatable bonds is 7. The lowest BCUT2D eigenvalue weighted by atomic mass is 9.96. The highest BCUT2D eigenvalue weighted by Gasteiger charge is 2.15. The number of carbonyl (C=O) groups excluding carboxylic acids is 1. The van der Waals surface area contributed by atoms with E-state index < -0.39 is 0 Å². The Morgan fingerprint density at radius 1 is 1.00 bits per heavy atom. The summed E-state index contributed by atoms with van der Waals surface area (Å²) in [6, 6.07) is 15.6. The Labute approximate surface area is 189 Å². The van der Waals surface area contributed by atoms with Crippen LogP contribution in [0.15, 0.2) is 60.9 Å². The van der Waals surface area contributed by atoms with Gasteiger partial charge < -0.3 is 15.4 Å². The molecular weight excluding hydrogens is 400 g/mol. The summed E-state index contributed by atoms with van der Waals surface area (Å²) in [5, 5.41) is 6.50. The molecule has 1 heterocycles. The quantitative estimate of drug-likeness (QED) is 0.526. The van der Waals surface area contributed by atoms with Crippen LogP contribution in [-0.2, 0) is 0 Å². The molecule has 4 rings (SSSR count). The van der Waals surface area contributed by atoms with E-state index in [2.05, 4.69) is 20.6 Å². The lowest BCUT2D eigenvalue weighted by molar-refractivity contribution is 0.0940. The van der Waals surface area contributed by atoms with Gasteiger partial charge >= 0.3 is 0 Å². The van der Waals surface area contributed by atoms with Crippen molar-refractivity contribution in [3.05, 3.63) is 72.1 Å². The van der Waals surface area contributed by atoms with Crippen molar-refractivity contribution in [2.75, 3.05) is 12.4 Å². The lowest BCUT2D eigenvalue weighted by Crippen LogP contribution is -2.26. The predicted octanol–water partition coefficient (Wildman–Crippen LogP) is 5.39. The van der Waals surface area contributed by atoms with Crippen LogP contribution in [0.2, 0.25) is 0 Å². The maximum atomic E-state index is 12.9. The van der Waals surface area contributed by atoms with Crippen LogP contribution in [0, 0.1) is 0 Å². The third-order valence-electron chi connectivity index (χ3n) is 5.99. The number of carbonyl (C=O) groups is 1. The number of anilines is 1. The third kappa shape index (κ3) is 5.44. The Morgan fingerprint density at radius 2 is 1.75 bits per heavy atom. The van der Waals surface area contributed by atoms with Crippen molar-refractivity contribution >= 4 is 11.9 Å². The molecule has 1 amide bonds. The summed E-state index contributed by atoms with van der Waals surface area (Å²) in [7, 11) is 1.64. The average molecular weight is 431 g/mol. The molecule has 0 spiro atoms. The second kappa shape index (κ2) is 10.3. The molecule has 166 valence electrons. The zero-order chi connectivity index (χ0) is 22.3. The molecule has 1 aliphatic carbocycles. The van der Waals surface area contributed by atoms with Gasteiger partial charge in [-0.15, -0.1) is 0 Å². The molecular formula is C26H30N4O2. The van der Waals surface area contributed by atoms with Crippen molar-refractivity contribution in [3.63, 3.8) is 0 Å². The highest BCUT2D eigenvalue weighted by atomic mass is 16.5. The van der Waals surface area contributed by atoms with Crippen LogP contribution in [0.5, 0.6) is 5.75 Å². The molecule has 1 unspecified atom stereocenters. The minimum absolute atomic E-state index is 0.126. The second-order valence-corrected chi connectivity index (χ2v) is 8.33. The van der Waals surface area contributed by atoms with Gasteiger partial charge in [0.25, 0.3) is 5.91 Å². The number of aromatic nitrogens is 2. The van der Waals surface area contributed by atoms with Gasteiger partial charge in [-0.2, -0.15) is 0 Å². The summed E-state index contributed by atoms with van der Waals surface area (Å²) in [4.78, 5) is 21.8. The summed E-state index contributed by atoms with van der Waals surface area (Å²) in [5.41, 5.74) is 3.38. The minimum atomic E-state index is -0.144. The van der Waals surface area contributed by atoms with Gasteiger partial charge in [0.05, 0.1) is 13.2 Å². The first-order valence-electron chi connectivity index (χ1n) is 11.3. The van der Waals surface area contributed by atoms with E-state index in [4.69, 9.17) is 4.74 Å². The molecule has 0 bridgehead atoms. The monoisotopic (exact) mass is 430 g/mol. The van der Waals surface area contributed by atoms with Crippen LogP contribution in [0.1, 0.15) is 61.0 Å². The molecule has 1 aromatic heterocycles. The molecule has 1 saturated carbocycles. The van der Waals surface area contributed by atoms with E-state index in [1.54, 1.807) is 7.11 Å². The number of hydrogen-bond acceptors (Lipinski definition) is 5. The molecule has 32 heavy (non-hydrogen) atoms. The summed E-state index contributed by atoms with van der Waals surface area (Å²) >= 11 is 0. The number of methoxy groups -OCH3 is 1. The molecule has 2 N–H and O–H groups in total. The van der Waals surface area contributed by atoms with Crippen molar-refractivity contribution in [3.8, 4) is 16.9 Å². The molecule has 1 aliphatic rings. The Balaban J connectivity index is 1.42. The molecule has 0 saturated heterocycles. The van der Waals surface area contributed by atoms with E-state index in [0.717, 1.165) is 22.4 Å². The van der Waals surface area contributed by atoms with Crippen molar-refractivity contribution < 1.29 is 9.53 Å². The molecule has 1 fully saturated rings. The highest BCUT2D eigenvalue weighted by Crippen LogP contribution is 2.23. The fourth-order valence-electron chi connectivity index (χ4n) is 4.10. The number of amides is 1.